The third-order valence-corrected chi connectivity index (χ3v) is 6.70. The molecule has 44 heavy (non-hydrogen) atoms. The lowest BCUT2D eigenvalue weighted by molar-refractivity contribution is -0.142. The van der Waals surface area contributed by atoms with Crippen LogP contribution in [0.3, 0.4) is 0 Å². The van der Waals surface area contributed by atoms with Crippen molar-refractivity contribution in [2.45, 2.75) is 39.7 Å². The Balaban J connectivity index is 1.40. The highest BCUT2D eigenvalue weighted by molar-refractivity contribution is 6.07. The van der Waals surface area contributed by atoms with Crippen molar-refractivity contribution >= 4 is 46.7 Å². The van der Waals surface area contributed by atoms with Gasteiger partial charge in [0.05, 0.1) is 43.4 Å². The third kappa shape index (κ3) is 8.63. The highest BCUT2D eigenvalue weighted by Crippen LogP contribution is 2.21. The van der Waals surface area contributed by atoms with Crippen LogP contribution in [0.4, 0.5) is 16.3 Å². The fraction of sp³-hybridized carbons (Fsp3) is 0.312. The molecule has 2 heterocycles. The number of hydrazone groups is 1. The van der Waals surface area contributed by atoms with Gasteiger partial charge in [-0.15, -0.1) is 0 Å². The molecule has 0 spiro atoms. The molecule has 0 saturated heterocycles. The Bertz CT molecular complexity index is 1590. The SMILES string of the molecule is CCCCOC(=O)NN=Cc1ccc(NCc2nc3cc(C(=O)N(CCC(=O)OCC)c4ccccn4)ccc3n2C)cc1. The van der Waals surface area contributed by atoms with Crippen LogP contribution in [0.5, 0.6) is 0 Å². The molecule has 0 aliphatic carbocycles. The maximum atomic E-state index is 13.6. The van der Waals surface area contributed by atoms with Crippen LogP contribution in [0.1, 0.15) is 54.9 Å². The first-order valence-corrected chi connectivity index (χ1v) is 14.5. The minimum Gasteiger partial charge on any atom is -0.466 e. The van der Waals surface area contributed by atoms with Crippen LogP contribution in [-0.4, -0.2) is 58.5 Å². The number of pyridine rings is 1. The number of anilines is 2. The van der Waals surface area contributed by atoms with Crippen LogP contribution in [0.25, 0.3) is 11.0 Å². The summed E-state index contributed by atoms with van der Waals surface area (Å²) in [4.78, 5) is 47.8. The molecular weight excluding hydrogens is 562 g/mol. The molecule has 4 rings (SSSR count). The lowest BCUT2D eigenvalue weighted by Gasteiger charge is -2.21. The zero-order valence-electron chi connectivity index (χ0n) is 25.2. The molecule has 0 saturated carbocycles. The molecule has 0 aliphatic heterocycles. The number of aryl methyl sites for hydroxylation is 1. The van der Waals surface area contributed by atoms with Crippen molar-refractivity contribution in [2.75, 3.05) is 30.0 Å². The van der Waals surface area contributed by atoms with E-state index in [0.29, 0.717) is 30.0 Å². The molecule has 0 radical (unpaired) electrons. The van der Waals surface area contributed by atoms with Crippen LogP contribution in [0.2, 0.25) is 0 Å². The summed E-state index contributed by atoms with van der Waals surface area (Å²) < 4.78 is 12.0. The number of nitrogens with one attached hydrogen (secondary N) is 2. The van der Waals surface area contributed by atoms with E-state index >= 15 is 0 Å². The molecule has 2 aromatic heterocycles. The van der Waals surface area contributed by atoms with Crippen molar-refractivity contribution in [3.05, 3.63) is 83.8 Å². The molecule has 0 aliphatic rings. The summed E-state index contributed by atoms with van der Waals surface area (Å²) in [6.07, 6.45) is 4.38. The normalized spacial score (nSPS) is 11.0. The van der Waals surface area contributed by atoms with Crippen molar-refractivity contribution in [3.63, 3.8) is 0 Å². The van der Waals surface area contributed by atoms with Gasteiger partial charge < -0.3 is 19.4 Å². The van der Waals surface area contributed by atoms with E-state index in [2.05, 4.69) is 20.8 Å². The van der Waals surface area contributed by atoms with Crippen LogP contribution in [0, 0.1) is 0 Å². The van der Waals surface area contributed by atoms with E-state index in [1.54, 1.807) is 49.7 Å². The number of hydrogen-bond donors (Lipinski definition) is 2. The van der Waals surface area contributed by atoms with Crippen LogP contribution in [0.15, 0.2) is 72.0 Å². The fourth-order valence-electron chi connectivity index (χ4n) is 4.34. The Morgan fingerprint density at radius 2 is 1.86 bits per heavy atom. The monoisotopic (exact) mass is 599 g/mol. The second-order valence-corrected chi connectivity index (χ2v) is 9.83. The van der Waals surface area contributed by atoms with E-state index in [1.165, 1.54) is 4.90 Å². The second-order valence-electron chi connectivity index (χ2n) is 9.83. The molecule has 0 atom stereocenters. The van der Waals surface area contributed by atoms with Gasteiger partial charge in [0.15, 0.2) is 0 Å². The first kappa shape index (κ1) is 31.7. The number of imidazole rings is 1. The number of ether oxygens (including phenoxy) is 2. The Morgan fingerprint density at radius 3 is 2.59 bits per heavy atom. The van der Waals surface area contributed by atoms with Gasteiger partial charge in [-0.3, -0.25) is 14.5 Å². The molecule has 0 bridgehead atoms. The number of esters is 1. The summed E-state index contributed by atoms with van der Waals surface area (Å²) in [5.74, 6) is 0.571. The average Bonchev–Trinajstić information content (AvgIpc) is 3.35. The van der Waals surface area contributed by atoms with E-state index < -0.39 is 6.09 Å². The van der Waals surface area contributed by atoms with Gasteiger partial charge in [-0.05, 0) is 61.4 Å². The summed E-state index contributed by atoms with van der Waals surface area (Å²) >= 11 is 0. The van der Waals surface area contributed by atoms with E-state index in [9.17, 15) is 14.4 Å². The minimum atomic E-state index is -0.577. The average molecular weight is 600 g/mol. The first-order valence-electron chi connectivity index (χ1n) is 14.5. The van der Waals surface area contributed by atoms with E-state index in [-0.39, 0.29) is 31.4 Å². The van der Waals surface area contributed by atoms with Gasteiger partial charge in [0.25, 0.3) is 5.91 Å². The van der Waals surface area contributed by atoms with Crippen molar-refractivity contribution in [3.8, 4) is 0 Å². The molecule has 0 unspecified atom stereocenters. The number of carbonyl (C=O) groups excluding carboxylic acids is 3. The Hall–Kier alpha value is -5.26. The molecular formula is C32H37N7O5. The van der Waals surface area contributed by atoms with Gasteiger partial charge in [0, 0.05) is 31.0 Å². The second kappa shape index (κ2) is 15.8. The zero-order chi connectivity index (χ0) is 31.3. The number of carbonyl (C=O) groups is 3. The van der Waals surface area contributed by atoms with Gasteiger partial charge in [0.2, 0.25) is 0 Å². The van der Waals surface area contributed by atoms with Gasteiger partial charge in [-0.1, -0.05) is 31.5 Å². The number of unbranched alkanes of at least 4 members (excludes halogenated alkanes) is 1. The highest BCUT2D eigenvalue weighted by atomic mass is 16.6. The van der Waals surface area contributed by atoms with Gasteiger partial charge in [0.1, 0.15) is 11.6 Å². The minimum absolute atomic E-state index is 0.0518. The number of aromatic nitrogens is 3. The van der Waals surface area contributed by atoms with E-state index in [4.69, 9.17) is 14.5 Å². The maximum Gasteiger partial charge on any atom is 0.427 e. The quantitative estimate of drug-likeness (QED) is 0.0889. The Morgan fingerprint density at radius 1 is 1.05 bits per heavy atom. The third-order valence-electron chi connectivity index (χ3n) is 6.70. The maximum absolute atomic E-state index is 13.6. The molecule has 2 N–H and O–H groups in total. The molecule has 12 heteroatoms. The lowest BCUT2D eigenvalue weighted by Crippen LogP contribution is -2.34. The summed E-state index contributed by atoms with van der Waals surface area (Å²) in [6, 6.07) is 18.2. The topological polar surface area (TPSA) is 140 Å². The predicted octanol–water partition coefficient (Wildman–Crippen LogP) is 5.04. The summed E-state index contributed by atoms with van der Waals surface area (Å²) in [6.45, 7) is 5.00. The van der Waals surface area contributed by atoms with Crippen molar-refractivity contribution in [1.82, 2.24) is 20.0 Å². The van der Waals surface area contributed by atoms with E-state index in [1.807, 2.05) is 48.9 Å². The molecule has 2 aromatic carbocycles. The molecule has 230 valence electrons. The number of amides is 2. The number of fused-ring (bicyclic) bond motifs is 1. The van der Waals surface area contributed by atoms with Gasteiger partial charge >= 0.3 is 12.1 Å². The molecule has 0 fully saturated rings. The Kier molecular flexibility index (Phi) is 11.4. The standard InChI is InChI=1S/C32H37N7O5/c1-4-6-19-44-32(42)37-35-21-23-10-13-25(14-11-23)34-22-29-36-26-20-24(12-15-27(26)38(29)3)31(41)39(18-16-30(40)43-5-2)28-9-7-8-17-33-28/h7-15,17,20-21,34H,4-6,16,18-19,22H2,1-3H3,(H,37,42). The fourth-order valence-corrected chi connectivity index (χ4v) is 4.34. The van der Waals surface area contributed by atoms with Crippen molar-refractivity contribution < 1.29 is 23.9 Å². The van der Waals surface area contributed by atoms with E-state index in [0.717, 1.165) is 35.4 Å². The Labute approximate surface area is 256 Å². The van der Waals surface area contributed by atoms with Crippen molar-refractivity contribution in [2.24, 2.45) is 12.1 Å². The molecule has 2 amide bonds. The first-order chi connectivity index (χ1) is 21.4. The van der Waals surface area contributed by atoms with Crippen LogP contribution < -0.4 is 15.6 Å². The van der Waals surface area contributed by atoms with Crippen molar-refractivity contribution in [1.29, 1.82) is 0 Å². The highest BCUT2D eigenvalue weighted by Gasteiger charge is 2.21. The number of nitrogens with zero attached hydrogens (tertiary/aromatic N) is 5. The zero-order valence-corrected chi connectivity index (χ0v) is 25.2. The summed E-state index contributed by atoms with van der Waals surface area (Å²) in [5, 5.41) is 7.28. The summed E-state index contributed by atoms with van der Waals surface area (Å²) in [5.41, 5.74) is 6.02. The number of rotatable bonds is 14. The largest absolute Gasteiger partial charge is 0.466 e. The number of hydrogen-bond acceptors (Lipinski definition) is 9. The lowest BCUT2D eigenvalue weighted by atomic mass is 10.1. The summed E-state index contributed by atoms with van der Waals surface area (Å²) in [7, 11) is 1.92. The van der Waals surface area contributed by atoms with Crippen LogP contribution >= 0.6 is 0 Å². The number of benzene rings is 2. The molecule has 4 aromatic rings. The van der Waals surface area contributed by atoms with Crippen LogP contribution in [-0.2, 0) is 27.9 Å². The molecule has 12 nitrogen and oxygen atoms in total. The smallest absolute Gasteiger partial charge is 0.427 e. The van der Waals surface area contributed by atoms with Gasteiger partial charge in [-0.25, -0.2) is 20.2 Å². The predicted molar refractivity (Wildman–Crippen MR) is 169 cm³/mol. The van der Waals surface area contributed by atoms with Gasteiger partial charge in [-0.2, -0.15) is 5.10 Å².